The van der Waals surface area contributed by atoms with Gasteiger partial charge in [0, 0.05) is 19.2 Å². The Morgan fingerprint density at radius 2 is 2.25 bits per heavy atom. The number of aromatic carboxylic acids is 1. The molecule has 0 radical (unpaired) electrons. The standard InChI is InChI=1S/C13H17N3O4/c1-13(2)4-3-5-15(8-13)11-6-9(12(17)18)10(7-14-11)16(19)20/h6-7H,3-5,8H2,1-2H3,(H,17,18). The van der Waals surface area contributed by atoms with E-state index in [9.17, 15) is 14.9 Å². The maximum absolute atomic E-state index is 11.1. The third-order valence-corrected chi connectivity index (χ3v) is 3.52. The third-order valence-electron chi connectivity index (χ3n) is 3.52. The Labute approximate surface area is 116 Å². The average molecular weight is 279 g/mol. The lowest BCUT2D eigenvalue weighted by Gasteiger charge is -2.38. The van der Waals surface area contributed by atoms with Gasteiger partial charge in [0.1, 0.15) is 17.6 Å². The summed E-state index contributed by atoms with van der Waals surface area (Å²) in [6.07, 6.45) is 3.12. The molecule has 0 aliphatic carbocycles. The number of aromatic nitrogens is 1. The van der Waals surface area contributed by atoms with Gasteiger partial charge >= 0.3 is 11.7 Å². The van der Waals surface area contributed by atoms with Crippen LogP contribution in [0.1, 0.15) is 37.0 Å². The van der Waals surface area contributed by atoms with E-state index >= 15 is 0 Å². The summed E-state index contributed by atoms with van der Waals surface area (Å²) >= 11 is 0. The first-order valence-electron chi connectivity index (χ1n) is 6.43. The van der Waals surface area contributed by atoms with Gasteiger partial charge in [-0.15, -0.1) is 0 Å². The van der Waals surface area contributed by atoms with Crippen LogP contribution in [-0.4, -0.2) is 34.1 Å². The van der Waals surface area contributed by atoms with Gasteiger partial charge in [0.15, 0.2) is 0 Å². The Kier molecular flexibility index (Phi) is 3.61. The molecule has 0 bridgehead atoms. The van der Waals surface area contributed by atoms with E-state index in [-0.39, 0.29) is 11.0 Å². The molecule has 20 heavy (non-hydrogen) atoms. The van der Waals surface area contributed by atoms with Crippen LogP contribution in [0.25, 0.3) is 0 Å². The molecule has 7 nitrogen and oxygen atoms in total. The second-order valence-electron chi connectivity index (χ2n) is 5.81. The molecule has 1 saturated heterocycles. The second kappa shape index (κ2) is 5.07. The molecule has 2 heterocycles. The normalized spacial score (nSPS) is 17.8. The number of hydrogen-bond donors (Lipinski definition) is 1. The van der Waals surface area contributed by atoms with Crippen molar-refractivity contribution in [2.45, 2.75) is 26.7 Å². The van der Waals surface area contributed by atoms with E-state index in [2.05, 4.69) is 18.8 Å². The summed E-state index contributed by atoms with van der Waals surface area (Å²) < 4.78 is 0. The van der Waals surface area contributed by atoms with E-state index in [4.69, 9.17) is 5.11 Å². The zero-order valence-electron chi connectivity index (χ0n) is 11.5. The minimum absolute atomic E-state index is 0.130. The van der Waals surface area contributed by atoms with Gasteiger partial charge in [-0.3, -0.25) is 10.1 Å². The molecule has 0 atom stereocenters. The Balaban J connectivity index is 2.36. The molecule has 108 valence electrons. The van der Waals surface area contributed by atoms with E-state index < -0.39 is 16.6 Å². The summed E-state index contributed by atoms with van der Waals surface area (Å²) in [6, 6.07) is 1.29. The first-order valence-corrected chi connectivity index (χ1v) is 6.43. The minimum atomic E-state index is -1.31. The third kappa shape index (κ3) is 2.87. The van der Waals surface area contributed by atoms with E-state index in [0.717, 1.165) is 32.1 Å². The lowest BCUT2D eigenvalue weighted by molar-refractivity contribution is -0.385. The smallest absolute Gasteiger partial charge is 0.342 e. The molecule has 1 N–H and O–H groups in total. The number of anilines is 1. The van der Waals surface area contributed by atoms with Crippen molar-refractivity contribution in [2.75, 3.05) is 18.0 Å². The van der Waals surface area contributed by atoms with Crippen molar-refractivity contribution >= 4 is 17.5 Å². The zero-order chi connectivity index (χ0) is 14.9. The largest absolute Gasteiger partial charge is 0.477 e. The first-order chi connectivity index (χ1) is 9.30. The van der Waals surface area contributed by atoms with Crippen molar-refractivity contribution < 1.29 is 14.8 Å². The lowest BCUT2D eigenvalue weighted by Crippen LogP contribution is -2.40. The molecular formula is C13H17N3O4. The molecule has 0 spiro atoms. The van der Waals surface area contributed by atoms with Crippen LogP contribution < -0.4 is 4.90 Å². The van der Waals surface area contributed by atoms with Gasteiger partial charge in [-0.1, -0.05) is 13.8 Å². The molecule has 1 aromatic rings. The first kappa shape index (κ1) is 14.2. The maximum Gasteiger partial charge on any atom is 0.342 e. The molecule has 0 unspecified atom stereocenters. The fourth-order valence-electron chi connectivity index (χ4n) is 2.55. The van der Waals surface area contributed by atoms with Crippen LogP contribution in [0.4, 0.5) is 11.5 Å². The van der Waals surface area contributed by atoms with Crippen LogP contribution in [0.2, 0.25) is 0 Å². The van der Waals surface area contributed by atoms with Crippen LogP contribution in [0, 0.1) is 15.5 Å². The zero-order valence-corrected chi connectivity index (χ0v) is 11.5. The van der Waals surface area contributed by atoms with Crippen LogP contribution >= 0.6 is 0 Å². The van der Waals surface area contributed by atoms with Gasteiger partial charge in [-0.2, -0.15) is 0 Å². The maximum atomic E-state index is 11.1. The van der Waals surface area contributed by atoms with Gasteiger partial charge in [-0.25, -0.2) is 9.78 Å². The molecule has 0 saturated carbocycles. The molecule has 1 aliphatic rings. The molecule has 1 fully saturated rings. The van der Waals surface area contributed by atoms with Crippen molar-refractivity contribution in [1.29, 1.82) is 0 Å². The van der Waals surface area contributed by atoms with Crippen LogP contribution in [0.5, 0.6) is 0 Å². The predicted molar refractivity (Wildman–Crippen MR) is 73.1 cm³/mol. The number of nitro groups is 1. The summed E-state index contributed by atoms with van der Waals surface area (Å²) in [4.78, 5) is 27.3. The second-order valence-corrected chi connectivity index (χ2v) is 5.81. The quantitative estimate of drug-likeness (QED) is 0.673. The molecule has 0 aromatic carbocycles. The Morgan fingerprint density at radius 3 is 2.80 bits per heavy atom. The highest BCUT2D eigenvalue weighted by atomic mass is 16.6. The lowest BCUT2D eigenvalue weighted by atomic mass is 9.84. The van der Waals surface area contributed by atoms with Crippen molar-refractivity contribution in [3.63, 3.8) is 0 Å². The Morgan fingerprint density at radius 1 is 1.55 bits per heavy atom. The number of carboxylic acids is 1. The molecule has 2 rings (SSSR count). The summed E-state index contributed by atoms with van der Waals surface area (Å²) in [6.45, 7) is 5.83. The van der Waals surface area contributed by atoms with Gasteiger partial charge < -0.3 is 10.0 Å². The number of hydrogen-bond acceptors (Lipinski definition) is 5. The number of nitrogens with zero attached hydrogens (tertiary/aromatic N) is 3. The molecule has 1 aromatic heterocycles. The minimum Gasteiger partial charge on any atom is -0.477 e. The van der Waals surface area contributed by atoms with E-state index in [1.807, 2.05) is 4.90 Å². The fourth-order valence-corrected chi connectivity index (χ4v) is 2.55. The summed E-state index contributed by atoms with van der Waals surface area (Å²) in [5, 5.41) is 19.9. The summed E-state index contributed by atoms with van der Waals surface area (Å²) in [5.41, 5.74) is -0.661. The number of carboxylic acid groups (broad SMARTS) is 1. The highest BCUT2D eigenvalue weighted by Crippen LogP contribution is 2.32. The van der Waals surface area contributed by atoms with Crippen molar-refractivity contribution in [3.05, 3.63) is 27.9 Å². The van der Waals surface area contributed by atoms with E-state index in [0.29, 0.717) is 5.82 Å². The summed E-state index contributed by atoms with van der Waals surface area (Å²) in [5.74, 6) is -0.822. The van der Waals surface area contributed by atoms with E-state index in [1.54, 1.807) is 0 Å². The molecule has 7 heteroatoms. The van der Waals surface area contributed by atoms with Gasteiger partial charge in [0.2, 0.25) is 0 Å². The van der Waals surface area contributed by atoms with E-state index in [1.165, 1.54) is 6.07 Å². The van der Waals surface area contributed by atoms with Gasteiger partial charge in [0.25, 0.3) is 0 Å². The monoisotopic (exact) mass is 279 g/mol. The van der Waals surface area contributed by atoms with Gasteiger partial charge in [0.05, 0.1) is 4.92 Å². The molecule has 0 amide bonds. The van der Waals surface area contributed by atoms with Crippen LogP contribution in [0.15, 0.2) is 12.3 Å². The average Bonchev–Trinajstić information content (AvgIpc) is 2.36. The topological polar surface area (TPSA) is 96.6 Å². The number of rotatable bonds is 3. The van der Waals surface area contributed by atoms with Gasteiger partial charge in [-0.05, 0) is 18.3 Å². The van der Waals surface area contributed by atoms with Crippen molar-refractivity contribution in [2.24, 2.45) is 5.41 Å². The Hall–Kier alpha value is -2.18. The summed E-state index contributed by atoms with van der Waals surface area (Å²) in [7, 11) is 0. The molecular weight excluding hydrogens is 262 g/mol. The Bertz CT molecular complexity index is 557. The highest BCUT2D eigenvalue weighted by molar-refractivity contribution is 5.93. The van der Waals surface area contributed by atoms with Crippen LogP contribution in [0.3, 0.4) is 0 Å². The number of piperidine rings is 1. The predicted octanol–water partition coefficient (Wildman–Crippen LogP) is 2.31. The fraction of sp³-hybridized carbons (Fsp3) is 0.538. The number of pyridine rings is 1. The molecule has 1 aliphatic heterocycles. The highest BCUT2D eigenvalue weighted by Gasteiger charge is 2.29. The van der Waals surface area contributed by atoms with Crippen molar-refractivity contribution in [1.82, 2.24) is 4.98 Å². The SMILES string of the molecule is CC1(C)CCCN(c2cc(C(=O)O)c([N+](=O)[O-])cn2)C1. The van der Waals surface area contributed by atoms with Crippen molar-refractivity contribution in [3.8, 4) is 0 Å². The van der Waals surface area contributed by atoms with Crippen LogP contribution in [-0.2, 0) is 0 Å². The number of carbonyl (C=O) groups is 1.